The highest BCUT2D eigenvalue weighted by atomic mass is 16.3. The molecule has 0 amide bonds. The number of fused-ring (bicyclic) bond motifs is 1. The fraction of sp³-hybridized carbons (Fsp3) is 0.643. The van der Waals surface area contributed by atoms with E-state index < -0.39 is 0 Å². The molecule has 0 aromatic carbocycles. The molecule has 0 radical (unpaired) electrons. The van der Waals surface area contributed by atoms with E-state index in [0.29, 0.717) is 5.92 Å². The summed E-state index contributed by atoms with van der Waals surface area (Å²) in [5.41, 5.74) is 2.48. The number of rotatable bonds is 3. The molecule has 0 bridgehead atoms. The van der Waals surface area contributed by atoms with Crippen LogP contribution in [0.2, 0.25) is 0 Å². The summed E-state index contributed by atoms with van der Waals surface area (Å²) in [6.07, 6.45) is 5.87. The minimum absolute atomic E-state index is 0.228. The molecule has 2 nitrogen and oxygen atoms in total. The molecule has 1 aromatic rings. The van der Waals surface area contributed by atoms with E-state index in [9.17, 15) is 5.11 Å². The van der Waals surface area contributed by atoms with Crippen LogP contribution >= 0.6 is 0 Å². The van der Waals surface area contributed by atoms with E-state index in [1.807, 2.05) is 12.3 Å². The Kier molecular flexibility index (Phi) is 3.59. The number of aryl methyl sites for hydroxylation is 1. The van der Waals surface area contributed by atoms with Gasteiger partial charge in [0.05, 0.1) is 6.10 Å². The van der Waals surface area contributed by atoms with Crippen molar-refractivity contribution in [3.63, 3.8) is 0 Å². The van der Waals surface area contributed by atoms with Crippen LogP contribution in [0.1, 0.15) is 50.3 Å². The molecular weight excluding hydrogens is 198 g/mol. The number of hydrogen-bond donors (Lipinski definition) is 1. The molecule has 0 saturated carbocycles. The Labute approximate surface area is 97.7 Å². The fourth-order valence-electron chi connectivity index (χ4n) is 2.67. The number of aliphatic hydroxyl groups excluding tert-OH is 1. The van der Waals surface area contributed by atoms with E-state index in [-0.39, 0.29) is 12.0 Å². The normalized spacial score (nSPS) is 21.9. The van der Waals surface area contributed by atoms with Gasteiger partial charge in [-0.15, -0.1) is 0 Å². The highest BCUT2D eigenvalue weighted by Crippen LogP contribution is 2.34. The molecule has 2 unspecified atom stereocenters. The summed E-state index contributed by atoms with van der Waals surface area (Å²) in [4.78, 5) is 4.47. The van der Waals surface area contributed by atoms with Gasteiger partial charge in [-0.05, 0) is 43.2 Å². The SMILES string of the molecule is CC(C)CC(O)C1CCCc2cccnc21. The number of hydrogen-bond acceptors (Lipinski definition) is 2. The third-order valence-electron chi connectivity index (χ3n) is 3.42. The highest BCUT2D eigenvalue weighted by molar-refractivity contribution is 5.26. The first-order valence-corrected chi connectivity index (χ1v) is 6.30. The molecule has 2 rings (SSSR count). The topological polar surface area (TPSA) is 33.1 Å². The Bertz CT molecular complexity index is 348. The first-order valence-electron chi connectivity index (χ1n) is 6.30. The van der Waals surface area contributed by atoms with E-state index in [2.05, 4.69) is 24.9 Å². The molecular formula is C14H21NO. The summed E-state index contributed by atoms with van der Waals surface area (Å²) in [7, 11) is 0. The van der Waals surface area contributed by atoms with Crippen LogP contribution in [0.3, 0.4) is 0 Å². The van der Waals surface area contributed by atoms with E-state index in [1.165, 1.54) is 12.0 Å². The molecule has 1 aliphatic carbocycles. The van der Waals surface area contributed by atoms with Crippen molar-refractivity contribution in [2.24, 2.45) is 5.92 Å². The quantitative estimate of drug-likeness (QED) is 0.848. The van der Waals surface area contributed by atoms with Gasteiger partial charge < -0.3 is 5.11 Å². The fourth-order valence-corrected chi connectivity index (χ4v) is 2.67. The summed E-state index contributed by atoms with van der Waals surface area (Å²) in [6, 6.07) is 4.15. The van der Waals surface area contributed by atoms with Crippen molar-refractivity contribution in [3.05, 3.63) is 29.6 Å². The van der Waals surface area contributed by atoms with Crippen molar-refractivity contribution in [1.29, 1.82) is 0 Å². The van der Waals surface area contributed by atoms with Crippen LogP contribution in [0.5, 0.6) is 0 Å². The van der Waals surface area contributed by atoms with Crippen molar-refractivity contribution in [3.8, 4) is 0 Å². The second kappa shape index (κ2) is 4.96. The summed E-state index contributed by atoms with van der Waals surface area (Å²) in [6.45, 7) is 4.32. The third-order valence-corrected chi connectivity index (χ3v) is 3.42. The second-order valence-corrected chi connectivity index (χ2v) is 5.24. The van der Waals surface area contributed by atoms with Gasteiger partial charge in [0.2, 0.25) is 0 Å². The lowest BCUT2D eigenvalue weighted by Crippen LogP contribution is -2.25. The van der Waals surface area contributed by atoms with Crippen molar-refractivity contribution in [2.75, 3.05) is 0 Å². The Morgan fingerprint density at radius 1 is 1.50 bits per heavy atom. The molecule has 0 aliphatic heterocycles. The molecule has 16 heavy (non-hydrogen) atoms. The van der Waals surface area contributed by atoms with Gasteiger partial charge in [-0.3, -0.25) is 4.98 Å². The first kappa shape index (κ1) is 11.6. The lowest BCUT2D eigenvalue weighted by atomic mass is 9.81. The van der Waals surface area contributed by atoms with Crippen LogP contribution in [-0.2, 0) is 6.42 Å². The van der Waals surface area contributed by atoms with Gasteiger partial charge in [0, 0.05) is 17.8 Å². The molecule has 2 atom stereocenters. The molecule has 0 saturated heterocycles. The second-order valence-electron chi connectivity index (χ2n) is 5.24. The van der Waals surface area contributed by atoms with E-state index >= 15 is 0 Å². The number of pyridine rings is 1. The molecule has 1 aromatic heterocycles. The van der Waals surface area contributed by atoms with Gasteiger partial charge in [-0.2, -0.15) is 0 Å². The zero-order valence-corrected chi connectivity index (χ0v) is 10.2. The van der Waals surface area contributed by atoms with Gasteiger partial charge in [-0.25, -0.2) is 0 Å². The van der Waals surface area contributed by atoms with Gasteiger partial charge in [0.1, 0.15) is 0 Å². The smallest absolute Gasteiger partial charge is 0.0626 e. The Balaban J connectivity index is 2.18. The van der Waals surface area contributed by atoms with Gasteiger partial charge in [0.25, 0.3) is 0 Å². The van der Waals surface area contributed by atoms with Crippen LogP contribution < -0.4 is 0 Å². The first-order chi connectivity index (χ1) is 7.68. The summed E-state index contributed by atoms with van der Waals surface area (Å²) >= 11 is 0. The van der Waals surface area contributed by atoms with Crippen molar-refractivity contribution >= 4 is 0 Å². The largest absolute Gasteiger partial charge is 0.392 e. The predicted octanol–water partition coefficient (Wildman–Crippen LogP) is 2.91. The minimum Gasteiger partial charge on any atom is -0.392 e. The maximum Gasteiger partial charge on any atom is 0.0626 e. The summed E-state index contributed by atoms with van der Waals surface area (Å²) < 4.78 is 0. The minimum atomic E-state index is -0.228. The van der Waals surface area contributed by atoms with Gasteiger partial charge in [-0.1, -0.05) is 19.9 Å². The summed E-state index contributed by atoms with van der Waals surface area (Å²) in [5.74, 6) is 0.802. The van der Waals surface area contributed by atoms with Crippen LogP contribution in [-0.4, -0.2) is 16.2 Å². The molecule has 1 N–H and O–H groups in total. The standard InChI is InChI=1S/C14H21NO/c1-10(2)9-13(16)12-7-3-5-11-6-4-8-15-14(11)12/h4,6,8,10,12-13,16H,3,5,7,9H2,1-2H3. The number of nitrogens with zero attached hydrogens (tertiary/aromatic N) is 1. The van der Waals surface area contributed by atoms with Crippen LogP contribution in [0, 0.1) is 5.92 Å². The Morgan fingerprint density at radius 3 is 3.06 bits per heavy atom. The summed E-state index contributed by atoms with van der Waals surface area (Å²) in [5, 5.41) is 10.3. The van der Waals surface area contributed by atoms with E-state index in [0.717, 1.165) is 25.0 Å². The van der Waals surface area contributed by atoms with Crippen LogP contribution in [0.4, 0.5) is 0 Å². The lowest BCUT2D eigenvalue weighted by Gasteiger charge is -2.29. The Morgan fingerprint density at radius 2 is 2.31 bits per heavy atom. The molecule has 1 heterocycles. The maximum absolute atomic E-state index is 10.3. The molecule has 2 heteroatoms. The van der Waals surface area contributed by atoms with Gasteiger partial charge >= 0.3 is 0 Å². The van der Waals surface area contributed by atoms with Crippen molar-refractivity contribution in [1.82, 2.24) is 4.98 Å². The van der Waals surface area contributed by atoms with Crippen LogP contribution in [0.25, 0.3) is 0 Å². The van der Waals surface area contributed by atoms with Crippen molar-refractivity contribution in [2.45, 2.75) is 51.6 Å². The molecule has 88 valence electrons. The number of aliphatic hydroxyl groups is 1. The van der Waals surface area contributed by atoms with Crippen LogP contribution in [0.15, 0.2) is 18.3 Å². The van der Waals surface area contributed by atoms with E-state index in [1.54, 1.807) is 0 Å². The predicted molar refractivity (Wildman–Crippen MR) is 65.4 cm³/mol. The maximum atomic E-state index is 10.3. The van der Waals surface area contributed by atoms with Gasteiger partial charge in [0.15, 0.2) is 0 Å². The molecule has 0 fully saturated rings. The highest BCUT2D eigenvalue weighted by Gasteiger charge is 2.27. The van der Waals surface area contributed by atoms with E-state index in [4.69, 9.17) is 0 Å². The number of aromatic nitrogens is 1. The van der Waals surface area contributed by atoms with Crippen molar-refractivity contribution < 1.29 is 5.11 Å². The molecule has 1 aliphatic rings. The zero-order chi connectivity index (χ0) is 11.5. The monoisotopic (exact) mass is 219 g/mol. The molecule has 0 spiro atoms. The average Bonchev–Trinajstić information content (AvgIpc) is 2.27. The third kappa shape index (κ3) is 2.43. The zero-order valence-electron chi connectivity index (χ0n) is 10.2. The lowest BCUT2D eigenvalue weighted by molar-refractivity contribution is 0.110. The average molecular weight is 219 g/mol. The Hall–Kier alpha value is -0.890.